The zero-order valence-corrected chi connectivity index (χ0v) is 10.3. The average molecular weight is 240 g/mol. The highest BCUT2D eigenvalue weighted by atomic mass is 35.5. The number of hydrogen-bond acceptors (Lipinski definition) is 2. The van der Waals surface area contributed by atoms with Crippen LogP contribution in [-0.4, -0.2) is 11.8 Å². The van der Waals surface area contributed by atoms with Gasteiger partial charge in [0.25, 0.3) is 0 Å². The zero-order chi connectivity index (χ0) is 12.0. The molecule has 0 radical (unpaired) electrons. The molecule has 2 N–H and O–H groups in total. The van der Waals surface area contributed by atoms with Crippen LogP contribution in [-0.2, 0) is 11.2 Å². The molecule has 1 unspecified atom stereocenters. The summed E-state index contributed by atoms with van der Waals surface area (Å²) < 4.78 is 0. The van der Waals surface area contributed by atoms with Gasteiger partial charge in [0.05, 0.1) is 6.04 Å². The highest BCUT2D eigenvalue weighted by Gasteiger charge is 2.12. The van der Waals surface area contributed by atoms with Gasteiger partial charge in [-0.1, -0.05) is 43.5 Å². The van der Waals surface area contributed by atoms with Crippen LogP contribution in [0.2, 0.25) is 5.02 Å². The first-order chi connectivity index (χ1) is 7.63. The third-order valence-corrected chi connectivity index (χ3v) is 2.83. The summed E-state index contributed by atoms with van der Waals surface area (Å²) in [5.74, 6) is 0.107. The van der Waals surface area contributed by atoms with E-state index in [-0.39, 0.29) is 11.8 Å². The molecule has 0 fully saturated rings. The zero-order valence-electron chi connectivity index (χ0n) is 9.58. The van der Waals surface area contributed by atoms with Crippen molar-refractivity contribution >= 4 is 17.4 Å². The lowest BCUT2D eigenvalue weighted by Crippen LogP contribution is -2.31. The molecule has 0 aliphatic rings. The Morgan fingerprint density at radius 2 is 2.00 bits per heavy atom. The van der Waals surface area contributed by atoms with Crippen molar-refractivity contribution in [2.24, 2.45) is 5.73 Å². The molecule has 0 spiro atoms. The molecule has 0 saturated carbocycles. The van der Waals surface area contributed by atoms with Crippen LogP contribution in [0.4, 0.5) is 0 Å². The minimum Gasteiger partial charge on any atom is -0.321 e. The van der Waals surface area contributed by atoms with E-state index in [9.17, 15) is 4.79 Å². The van der Waals surface area contributed by atoms with Gasteiger partial charge in [-0.25, -0.2) is 0 Å². The quantitative estimate of drug-likeness (QED) is 0.830. The Bertz CT molecular complexity index is 334. The van der Waals surface area contributed by atoms with Crippen LogP contribution in [0.25, 0.3) is 0 Å². The number of unbranched alkanes of at least 4 members (excludes halogenated alkanes) is 1. The third-order valence-electron chi connectivity index (χ3n) is 2.57. The summed E-state index contributed by atoms with van der Waals surface area (Å²) in [6.45, 7) is 2.09. The average Bonchev–Trinajstić information content (AvgIpc) is 2.29. The molecule has 3 heteroatoms. The van der Waals surface area contributed by atoms with E-state index in [1.807, 2.05) is 12.1 Å². The van der Waals surface area contributed by atoms with Crippen LogP contribution >= 0.6 is 11.6 Å². The van der Waals surface area contributed by atoms with Gasteiger partial charge in [0.15, 0.2) is 5.78 Å². The van der Waals surface area contributed by atoms with Crippen LogP contribution in [0.1, 0.15) is 31.7 Å². The molecule has 0 bridgehead atoms. The SMILES string of the molecule is CCCCC(N)C(=O)Cc1ccc(Cl)cc1. The van der Waals surface area contributed by atoms with Gasteiger partial charge in [0.1, 0.15) is 0 Å². The van der Waals surface area contributed by atoms with Gasteiger partial charge in [0.2, 0.25) is 0 Å². The van der Waals surface area contributed by atoms with Gasteiger partial charge in [-0.3, -0.25) is 4.79 Å². The largest absolute Gasteiger partial charge is 0.321 e. The maximum atomic E-state index is 11.7. The summed E-state index contributed by atoms with van der Waals surface area (Å²) in [5, 5.41) is 0.687. The first-order valence-electron chi connectivity index (χ1n) is 5.66. The lowest BCUT2D eigenvalue weighted by Gasteiger charge is -2.09. The maximum Gasteiger partial charge on any atom is 0.153 e. The predicted octanol–water partition coefficient (Wildman–Crippen LogP) is 2.97. The summed E-state index contributed by atoms with van der Waals surface area (Å²) in [4.78, 5) is 11.7. The van der Waals surface area contributed by atoms with Crippen LogP contribution < -0.4 is 5.73 Å². The maximum absolute atomic E-state index is 11.7. The molecule has 0 saturated heterocycles. The second kappa shape index (κ2) is 6.66. The highest BCUT2D eigenvalue weighted by Crippen LogP contribution is 2.11. The van der Waals surface area contributed by atoms with Crippen molar-refractivity contribution in [2.45, 2.75) is 38.6 Å². The minimum absolute atomic E-state index is 0.107. The van der Waals surface area contributed by atoms with E-state index in [1.165, 1.54) is 0 Å². The van der Waals surface area contributed by atoms with Crippen LogP contribution in [0.3, 0.4) is 0 Å². The van der Waals surface area contributed by atoms with E-state index in [0.717, 1.165) is 24.8 Å². The first kappa shape index (κ1) is 13.2. The summed E-state index contributed by atoms with van der Waals surface area (Å²) in [7, 11) is 0. The van der Waals surface area contributed by atoms with Gasteiger partial charge in [-0.05, 0) is 24.1 Å². The molecule has 1 atom stereocenters. The van der Waals surface area contributed by atoms with E-state index in [2.05, 4.69) is 6.92 Å². The van der Waals surface area contributed by atoms with Gasteiger partial charge < -0.3 is 5.73 Å². The van der Waals surface area contributed by atoms with Crippen molar-refractivity contribution in [3.8, 4) is 0 Å². The summed E-state index contributed by atoms with van der Waals surface area (Å²) in [5.41, 5.74) is 6.78. The number of hydrogen-bond donors (Lipinski definition) is 1. The monoisotopic (exact) mass is 239 g/mol. The lowest BCUT2D eigenvalue weighted by atomic mass is 10.0. The number of carbonyl (C=O) groups excluding carboxylic acids is 1. The molecule has 1 rings (SSSR count). The molecular weight excluding hydrogens is 222 g/mol. The van der Waals surface area contributed by atoms with Gasteiger partial charge >= 0.3 is 0 Å². The number of halogens is 1. The van der Waals surface area contributed by atoms with E-state index >= 15 is 0 Å². The first-order valence-corrected chi connectivity index (χ1v) is 6.04. The Labute approximate surface area is 102 Å². The van der Waals surface area contributed by atoms with E-state index in [4.69, 9.17) is 17.3 Å². The standard InChI is InChI=1S/C13H18ClNO/c1-2-3-4-12(15)13(16)9-10-5-7-11(14)8-6-10/h5-8,12H,2-4,9,15H2,1H3. The van der Waals surface area contributed by atoms with E-state index < -0.39 is 0 Å². The summed E-state index contributed by atoms with van der Waals surface area (Å²) in [6, 6.07) is 7.00. The molecule has 0 heterocycles. The van der Waals surface area contributed by atoms with Crippen molar-refractivity contribution in [3.63, 3.8) is 0 Å². The molecule has 0 amide bonds. The number of nitrogens with two attached hydrogens (primary N) is 1. The van der Waals surface area contributed by atoms with Crippen molar-refractivity contribution < 1.29 is 4.79 Å². The second-order valence-electron chi connectivity index (χ2n) is 4.02. The molecule has 88 valence electrons. The Morgan fingerprint density at radius 3 is 2.56 bits per heavy atom. The smallest absolute Gasteiger partial charge is 0.153 e. The molecule has 0 aliphatic carbocycles. The van der Waals surface area contributed by atoms with Gasteiger partial charge in [-0.2, -0.15) is 0 Å². The fraction of sp³-hybridized carbons (Fsp3) is 0.462. The third kappa shape index (κ3) is 4.33. The topological polar surface area (TPSA) is 43.1 Å². The van der Waals surface area contributed by atoms with Crippen molar-refractivity contribution in [2.75, 3.05) is 0 Å². The van der Waals surface area contributed by atoms with Gasteiger partial charge in [-0.15, -0.1) is 0 Å². The number of Topliss-reactive ketones (excluding diaryl/α,β-unsaturated/α-hetero) is 1. The molecule has 0 aromatic heterocycles. The van der Waals surface area contributed by atoms with E-state index in [0.29, 0.717) is 11.4 Å². The number of rotatable bonds is 6. The van der Waals surface area contributed by atoms with Crippen molar-refractivity contribution in [1.29, 1.82) is 0 Å². The van der Waals surface area contributed by atoms with Crippen molar-refractivity contribution in [1.82, 2.24) is 0 Å². The second-order valence-corrected chi connectivity index (χ2v) is 4.45. The molecule has 0 aliphatic heterocycles. The number of ketones is 1. The highest BCUT2D eigenvalue weighted by molar-refractivity contribution is 6.30. The molecule has 1 aromatic rings. The summed E-state index contributed by atoms with van der Waals surface area (Å²) in [6.07, 6.45) is 3.26. The fourth-order valence-electron chi connectivity index (χ4n) is 1.52. The lowest BCUT2D eigenvalue weighted by molar-refractivity contribution is -0.119. The Morgan fingerprint density at radius 1 is 1.38 bits per heavy atom. The Balaban J connectivity index is 2.47. The number of carbonyl (C=O) groups is 1. The molecule has 2 nitrogen and oxygen atoms in total. The summed E-state index contributed by atoms with van der Waals surface area (Å²) >= 11 is 5.77. The minimum atomic E-state index is -0.323. The fourth-order valence-corrected chi connectivity index (χ4v) is 1.65. The predicted molar refractivity (Wildman–Crippen MR) is 67.7 cm³/mol. The Hall–Kier alpha value is -0.860. The normalized spacial score (nSPS) is 12.4. The van der Waals surface area contributed by atoms with E-state index in [1.54, 1.807) is 12.1 Å². The van der Waals surface area contributed by atoms with Crippen LogP contribution in [0.15, 0.2) is 24.3 Å². The number of benzene rings is 1. The molecule has 16 heavy (non-hydrogen) atoms. The molecule has 1 aromatic carbocycles. The van der Waals surface area contributed by atoms with Crippen LogP contribution in [0.5, 0.6) is 0 Å². The van der Waals surface area contributed by atoms with Crippen LogP contribution in [0, 0.1) is 0 Å². The van der Waals surface area contributed by atoms with Gasteiger partial charge in [0, 0.05) is 11.4 Å². The van der Waals surface area contributed by atoms with Crippen molar-refractivity contribution in [3.05, 3.63) is 34.9 Å². The Kier molecular flexibility index (Phi) is 5.50. The molecular formula is C13H18ClNO.